The third-order valence-corrected chi connectivity index (χ3v) is 5.64. The van der Waals surface area contributed by atoms with Crippen LogP contribution in [0.3, 0.4) is 0 Å². The molecular weight excluding hydrogens is 312 g/mol. The maximum Gasteiger partial charge on any atom is 0.255 e. The number of hydrogen-bond donors (Lipinski definition) is 1. The molecular formula is C16H20N4O2S. The number of aromatic amines is 1. The first kappa shape index (κ1) is 14.8. The van der Waals surface area contributed by atoms with Gasteiger partial charge in [0.2, 0.25) is 0 Å². The Bertz CT molecular complexity index is 723. The molecule has 1 saturated heterocycles. The first-order valence-corrected chi connectivity index (χ1v) is 8.99. The molecule has 23 heavy (non-hydrogen) atoms. The van der Waals surface area contributed by atoms with Crippen LogP contribution in [0.15, 0.2) is 5.38 Å². The van der Waals surface area contributed by atoms with Crippen molar-refractivity contribution in [1.29, 1.82) is 0 Å². The molecule has 2 aromatic heterocycles. The molecule has 0 spiro atoms. The van der Waals surface area contributed by atoms with Crippen molar-refractivity contribution in [3.8, 4) is 0 Å². The number of fused-ring (bicyclic) bond motifs is 1. The highest BCUT2D eigenvalue weighted by atomic mass is 32.1. The minimum Gasteiger partial charge on any atom is -0.366 e. The van der Waals surface area contributed by atoms with Crippen LogP contribution in [0.25, 0.3) is 0 Å². The molecule has 0 aromatic carbocycles. The molecule has 1 aliphatic heterocycles. The Morgan fingerprint density at radius 1 is 1.43 bits per heavy atom. The zero-order valence-electron chi connectivity index (χ0n) is 13.2. The lowest BCUT2D eigenvalue weighted by molar-refractivity contribution is -0.0267. The van der Waals surface area contributed by atoms with Gasteiger partial charge in [-0.15, -0.1) is 11.3 Å². The second kappa shape index (κ2) is 6.05. The van der Waals surface area contributed by atoms with Crippen molar-refractivity contribution in [1.82, 2.24) is 20.1 Å². The van der Waals surface area contributed by atoms with Crippen LogP contribution in [0.1, 0.15) is 51.4 Å². The van der Waals surface area contributed by atoms with Crippen molar-refractivity contribution in [3.05, 3.63) is 33.0 Å². The number of carbonyl (C=O) groups is 1. The summed E-state index contributed by atoms with van der Waals surface area (Å²) in [5, 5.41) is 9.05. The molecule has 1 amide bonds. The molecule has 0 bridgehead atoms. The Labute approximate surface area is 138 Å². The predicted octanol–water partition coefficient (Wildman–Crippen LogP) is 2.27. The zero-order chi connectivity index (χ0) is 15.8. The molecule has 0 unspecified atom stereocenters. The van der Waals surface area contributed by atoms with Gasteiger partial charge in [0.1, 0.15) is 11.9 Å². The van der Waals surface area contributed by atoms with Crippen LogP contribution in [0.2, 0.25) is 0 Å². The van der Waals surface area contributed by atoms with Gasteiger partial charge in [0.05, 0.1) is 18.7 Å². The second-order valence-electron chi connectivity index (χ2n) is 6.15. The molecule has 1 fully saturated rings. The van der Waals surface area contributed by atoms with Gasteiger partial charge in [-0.1, -0.05) is 0 Å². The number of morpholine rings is 1. The zero-order valence-corrected chi connectivity index (χ0v) is 14.0. The maximum absolute atomic E-state index is 12.9. The summed E-state index contributed by atoms with van der Waals surface area (Å²) in [6, 6.07) is 0. The Morgan fingerprint density at radius 3 is 3.13 bits per heavy atom. The number of thiophene rings is 1. The average molecular weight is 332 g/mol. The molecule has 2 aromatic rings. The summed E-state index contributed by atoms with van der Waals surface area (Å²) in [7, 11) is 0. The van der Waals surface area contributed by atoms with Crippen molar-refractivity contribution < 1.29 is 9.53 Å². The number of amides is 1. The average Bonchev–Trinajstić information content (AvgIpc) is 3.20. The highest BCUT2D eigenvalue weighted by Gasteiger charge is 2.30. The Kier molecular flexibility index (Phi) is 3.90. The number of aryl methyl sites for hydroxylation is 2. The smallest absolute Gasteiger partial charge is 0.255 e. The van der Waals surface area contributed by atoms with Crippen molar-refractivity contribution in [2.75, 3.05) is 19.7 Å². The van der Waals surface area contributed by atoms with Gasteiger partial charge in [-0.05, 0) is 38.2 Å². The van der Waals surface area contributed by atoms with Crippen molar-refractivity contribution in [3.63, 3.8) is 0 Å². The maximum atomic E-state index is 12.9. The van der Waals surface area contributed by atoms with Gasteiger partial charge in [-0.3, -0.25) is 9.89 Å². The lowest BCUT2D eigenvalue weighted by atomic mass is 9.95. The largest absolute Gasteiger partial charge is 0.366 e. The molecule has 1 atom stereocenters. The quantitative estimate of drug-likeness (QED) is 0.916. The van der Waals surface area contributed by atoms with Crippen molar-refractivity contribution in [2.24, 2.45) is 0 Å². The van der Waals surface area contributed by atoms with Crippen LogP contribution in [0, 0.1) is 6.92 Å². The summed E-state index contributed by atoms with van der Waals surface area (Å²) < 4.78 is 5.75. The third kappa shape index (κ3) is 2.79. The summed E-state index contributed by atoms with van der Waals surface area (Å²) in [6.45, 7) is 3.53. The predicted molar refractivity (Wildman–Crippen MR) is 86.7 cm³/mol. The van der Waals surface area contributed by atoms with Gasteiger partial charge >= 0.3 is 0 Å². The third-order valence-electron chi connectivity index (χ3n) is 4.55. The fourth-order valence-electron chi connectivity index (χ4n) is 3.34. The molecule has 1 aliphatic carbocycles. The summed E-state index contributed by atoms with van der Waals surface area (Å²) >= 11 is 1.74. The minimum atomic E-state index is -0.243. The molecule has 0 saturated carbocycles. The van der Waals surface area contributed by atoms with Crippen LogP contribution >= 0.6 is 11.3 Å². The fraction of sp³-hybridized carbons (Fsp3) is 0.562. The fourth-order valence-corrected chi connectivity index (χ4v) is 4.46. The van der Waals surface area contributed by atoms with E-state index in [0.717, 1.165) is 24.2 Å². The number of carbonyl (C=O) groups excluding carboxylic acids is 1. The van der Waals surface area contributed by atoms with Crippen LogP contribution in [0.4, 0.5) is 0 Å². The first-order valence-electron chi connectivity index (χ1n) is 8.11. The SMILES string of the molecule is Cc1nc([C@@H]2CN(C(=O)c3csc4c3CCCC4)CCO2)n[nH]1. The number of ether oxygens (including phenoxy) is 1. The molecule has 122 valence electrons. The standard InChI is InChI=1S/C16H20N4O2S/c1-10-17-15(19-18-10)13-8-20(6-7-22-13)16(21)12-9-23-14-5-3-2-4-11(12)14/h9,13H,2-8H2,1H3,(H,17,18,19)/t13-/m0/s1. The molecule has 3 heterocycles. The van der Waals surface area contributed by atoms with E-state index in [0.29, 0.717) is 25.5 Å². The van der Waals surface area contributed by atoms with Crippen molar-refractivity contribution >= 4 is 17.2 Å². The highest BCUT2D eigenvalue weighted by molar-refractivity contribution is 7.10. The Morgan fingerprint density at radius 2 is 2.30 bits per heavy atom. The molecule has 6 nitrogen and oxygen atoms in total. The number of rotatable bonds is 2. The van der Waals surface area contributed by atoms with Gasteiger partial charge in [-0.2, -0.15) is 5.10 Å². The van der Waals surface area contributed by atoms with E-state index in [9.17, 15) is 4.79 Å². The Balaban J connectivity index is 1.53. The number of aromatic nitrogens is 3. The van der Waals surface area contributed by atoms with Gasteiger partial charge < -0.3 is 9.64 Å². The first-order chi connectivity index (χ1) is 11.2. The number of nitrogens with zero attached hydrogens (tertiary/aromatic N) is 3. The van der Waals surface area contributed by atoms with E-state index >= 15 is 0 Å². The molecule has 7 heteroatoms. The monoisotopic (exact) mass is 332 g/mol. The molecule has 2 aliphatic rings. The van der Waals surface area contributed by atoms with Crippen LogP contribution in [-0.4, -0.2) is 45.7 Å². The summed E-state index contributed by atoms with van der Waals surface area (Å²) in [5.41, 5.74) is 2.18. The normalized spacial score (nSPS) is 21.3. The minimum absolute atomic E-state index is 0.130. The van der Waals surface area contributed by atoms with Gasteiger partial charge in [0.15, 0.2) is 5.82 Å². The van der Waals surface area contributed by atoms with Crippen LogP contribution < -0.4 is 0 Å². The summed E-state index contributed by atoms with van der Waals surface area (Å²) in [4.78, 5) is 20.6. The lowest BCUT2D eigenvalue weighted by Gasteiger charge is -2.32. The summed E-state index contributed by atoms with van der Waals surface area (Å²) in [6.07, 6.45) is 4.34. The number of nitrogens with one attached hydrogen (secondary N) is 1. The van der Waals surface area contributed by atoms with Crippen molar-refractivity contribution in [2.45, 2.75) is 38.7 Å². The second-order valence-corrected chi connectivity index (χ2v) is 7.11. The van der Waals surface area contributed by atoms with E-state index in [2.05, 4.69) is 15.2 Å². The molecule has 1 N–H and O–H groups in total. The van der Waals surface area contributed by atoms with E-state index < -0.39 is 0 Å². The van der Waals surface area contributed by atoms with E-state index in [1.807, 2.05) is 17.2 Å². The lowest BCUT2D eigenvalue weighted by Crippen LogP contribution is -2.42. The van der Waals surface area contributed by atoms with E-state index in [-0.39, 0.29) is 12.0 Å². The van der Waals surface area contributed by atoms with E-state index in [1.165, 1.54) is 23.3 Å². The number of hydrogen-bond acceptors (Lipinski definition) is 5. The van der Waals surface area contributed by atoms with Gasteiger partial charge in [-0.25, -0.2) is 4.98 Å². The topological polar surface area (TPSA) is 71.1 Å². The van der Waals surface area contributed by atoms with Crippen LogP contribution in [-0.2, 0) is 17.6 Å². The van der Waals surface area contributed by atoms with E-state index in [1.54, 1.807) is 11.3 Å². The summed E-state index contributed by atoms with van der Waals surface area (Å²) in [5.74, 6) is 1.52. The van der Waals surface area contributed by atoms with Gasteiger partial charge in [0.25, 0.3) is 5.91 Å². The van der Waals surface area contributed by atoms with E-state index in [4.69, 9.17) is 4.74 Å². The highest BCUT2D eigenvalue weighted by Crippen LogP contribution is 2.31. The molecule has 0 radical (unpaired) electrons. The van der Waals surface area contributed by atoms with Gasteiger partial charge in [0, 0.05) is 16.8 Å². The Hall–Kier alpha value is -1.73. The number of H-pyrrole nitrogens is 1. The van der Waals surface area contributed by atoms with Crippen LogP contribution in [0.5, 0.6) is 0 Å². The molecule has 4 rings (SSSR count).